The number of aryl methyl sites for hydroxylation is 1. The van der Waals surface area contributed by atoms with Crippen LogP contribution in [-0.2, 0) is 13.0 Å². The second-order valence-corrected chi connectivity index (χ2v) is 8.05. The second kappa shape index (κ2) is 6.02. The minimum absolute atomic E-state index is 0.0313. The van der Waals surface area contributed by atoms with E-state index < -0.39 is 0 Å². The van der Waals surface area contributed by atoms with Crippen molar-refractivity contribution in [3.05, 3.63) is 47.2 Å². The van der Waals surface area contributed by atoms with Crippen LogP contribution in [0.3, 0.4) is 0 Å². The van der Waals surface area contributed by atoms with Gasteiger partial charge in [0.1, 0.15) is 17.9 Å². The zero-order valence-corrected chi connectivity index (χ0v) is 16.4. The van der Waals surface area contributed by atoms with Gasteiger partial charge in [-0.25, -0.2) is 9.97 Å². The number of hydrogen-bond donors (Lipinski definition) is 0. The summed E-state index contributed by atoms with van der Waals surface area (Å²) in [5, 5.41) is 0.720. The van der Waals surface area contributed by atoms with Crippen LogP contribution in [0.2, 0.25) is 0 Å². The molecule has 1 aliphatic carbocycles. The van der Waals surface area contributed by atoms with E-state index in [4.69, 9.17) is 4.42 Å². The molecule has 0 spiro atoms. The summed E-state index contributed by atoms with van der Waals surface area (Å²) in [5.74, 6) is 1.33. The molecule has 7 nitrogen and oxygen atoms in total. The molecule has 0 atom stereocenters. The number of fused-ring (bicyclic) bond motifs is 2. The van der Waals surface area contributed by atoms with Gasteiger partial charge in [-0.2, -0.15) is 0 Å². The molecule has 0 saturated heterocycles. The number of amides is 1. The molecule has 7 heteroatoms. The topological polar surface area (TPSA) is 75.4 Å². The zero-order chi connectivity index (χ0) is 19.5. The third-order valence-electron chi connectivity index (χ3n) is 6.21. The van der Waals surface area contributed by atoms with E-state index in [0.29, 0.717) is 30.1 Å². The minimum Gasteiger partial charge on any atom is -0.442 e. The Hall–Kier alpha value is -2.96. The molecule has 0 unspecified atom stereocenters. The van der Waals surface area contributed by atoms with E-state index in [1.165, 1.54) is 6.33 Å². The Bertz CT molecular complexity index is 1090. The van der Waals surface area contributed by atoms with Crippen molar-refractivity contribution in [1.82, 2.24) is 19.9 Å². The van der Waals surface area contributed by atoms with Crippen molar-refractivity contribution in [2.24, 2.45) is 0 Å². The number of carbonyl (C=O) groups is 1. The molecule has 4 heterocycles. The maximum Gasteiger partial charge on any atom is 0.258 e. The highest BCUT2D eigenvalue weighted by atomic mass is 16.3. The van der Waals surface area contributed by atoms with Gasteiger partial charge < -0.3 is 14.2 Å². The van der Waals surface area contributed by atoms with E-state index in [1.54, 1.807) is 0 Å². The SMILES string of the molecule is Cc1oc2ncnc(N(C)C3(C)CC3)c2c1C(=O)N1CCc2ncccc2C1. The predicted molar refractivity (Wildman–Crippen MR) is 105 cm³/mol. The summed E-state index contributed by atoms with van der Waals surface area (Å²) in [4.78, 5) is 30.8. The van der Waals surface area contributed by atoms with E-state index in [9.17, 15) is 4.79 Å². The van der Waals surface area contributed by atoms with Crippen LogP contribution in [0.4, 0.5) is 5.82 Å². The molecule has 144 valence electrons. The molecule has 1 fully saturated rings. The van der Waals surface area contributed by atoms with Crippen molar-refractivity contribution in [2.45, 2.75) is 45.2 Å². The molecule has 1 saturated carbocycles. The molecule has 3 aromatic rings. The number of hydrogen-bond acceptors (Lipinski definition) is 6. The summed E-state index contributed by atoms with van der Waals surface area (Å²) in [6, 6.07) is 3.96. The molecule has 0 aromatic carbocycles. The number of rotatable bonds is 3. The number of anilines is 1. The maximum absolute atomic E-state index is 13.5. The fraction of sp³-hybridized carbons (Fsp3) is 0.429. The summed E-state index contributed by atoms with van der Waals surface area (Å²) in [6.07, 6.45) is 6.32. The van der Waals surface area contributed by atoms with Crippen LogP contribution in [0, 0.1) is 6.92 Å². The Morgan fingerprint density at radius 2 is 2.11 bits per heavy atom. The summed E-state index contributed by atoms with van der Waals surface area (Å²) in [7, 11) is 2.04. The van der Waals surface area contributed by atoms with E-state index in [0.717, 1.165) is 41.7 Å². The van der Waals surface area contributed by atoms with Crippen LogP contribution in [0.5, 0.6) is 0 Å². The van der Waals surface area contributed by atoms with Gasteiger partial charge in [-0.05, 0) is 38.3 Å². The first-order valence-electron chi connectivity index (χ1n) is 9.68. The van der Waals surface area contributed by atoms with Crippen LogP contribution in [0.15, 0.2) is 29.1 Å². The fourth-order valence-corrected chi connectivity index (χ4v) is 4.01. The van der Waals surface area contributed by atoms with E-state index in [-0.39, 0.29) is 11.4 Å². The van der Waals surface area contributed by atoms with Crippen molar-refractivity contribution < 1.29 is 9.21 Å². The standard InChI is InChI=1S/C21H23N5O2/c1-13-16(20(27)26-10-6-15-14(11-26)5-4-9-22-15)17-18(23-12-24-19(17)28-13)25(3)21(2)7-8-21/h4-5,9,12H,6-8,10-11H2,1-3H3. The van der Waals surface area contributed by atoms with Crippen molar-refractivity contribution >= 4 is 22.8 Å². The van der Waals surface area contributed by atoms with Gasteiger partial charge in [0.15, 0.2) is 0 Å². The van der Waals surface area contributed by atoms with Crippen LogP contribution < -0.4 is 4.90 Å². The number of furan rings is 1. The maximum atomic E-state index is 13.5. The highest BCUT2D eigenvalue weighted by Gasteiger charge is 2.43. The molecule has 0 bridgehead atoms. The quantitative estimate of drug-likeness (QED) is 0.698. The molecule has 0 radical (unpaired) electrons. The van der Waals surface area contributed by atoms with Crippen molar-refractivity contribution in [2.75, 3.05) is 18.5 Å². The minimum atomic E-state index is -0.0313. The highest BCUT2D eigenvalue weighted by Crippen LogP contribution is 2.44. The average molecular weight is 377 g/mol. The Labute approximate surface area is 163 Å². The molecule has 0 N–H and O–H groups in total. The van der Waals surface area contributed by atoms with Crippen molar-refractivity contribution in [3.63, 3.8) is 0 Å². The van der Waals surface area contributed by atoms with Gasteiger partial charge in [0, 0.05) is 44.0 Å². The van der Waals surface area contributed by atoms with Gasteiger partial charge in [-0.15, -0.1) is 0 Å². The zero-order valence-electron chi connectivity index (χ0n) is 16.4. The third-order valence-corrected chi connectivity index (χ3v) is 6.21. The average Bonchev–Trinajstić information content (AvgIpc) is 3.37. The lowest BCUT2D eigenvalue weighted by molar-refractivity contribution is 0.0733. The first kappa shape index (κ1) is 17.2. The normalized spacial score (nSPS) is 17.5. The van der Waals surface area contributed by atoms with Crippen LogP contribution in [0.25, 0.3) is 11.1 Å². The van der Waals surface area contributed by atoms with Crippen LogP contribution in [-0.4, -0.2) is 44.9 Å². The molecule has 1 amide bonds. The fourth-order valence-electron chi connectivity index (χ4n) is 4.01. The Morgan fingerprint density at radius 1 is 1.29 bits per heavy atom. The number of aromatic nitrogens is 3. The van der Waals surface area contributed by atoms with Gasteiger partial charge in [0.2, 0.25) is 5.71 Å². The molecule has 3 aromatic heterocycles. The van der Waals surface area contributed by atoms with E-state index in [1.807, 2.05) is 37.2 Å². The Kier molecular flexibility index (Phi) is 3.69. The largest absolute Gasteiger partial charge is 0.442 e. The number of pyridine rings is 1. The first-order valence-corrected chi connectivity index (χ1v) is 9.68. The van der Waals surface area contributed by atoms with E-state index in [2.05, 4.69) is 26.8 Å². The van der Waals surface area contributed by atoms with Crippen LogP contribution in [0.1, 0.15) is 47.1 Å². The van der Waals surface area contributed by atoms with Gasteiger partial charge >= 0.3 is 0 Å². The number of nitrogens with zero attached hydrogens (tertiary/aromatic N) is 5. The molecule has 1 aliphatic heterocycles. The Morgan fingerprint density at radius 3 is 2.89 bits per heavy atom. The molecule has 5 rings (SSSR count). The van der Waals surface area contributed by atoms with Gasteiger partial charge in [-0.3, -0.25) is 9.78 Å². The summed E-state index contributed by atoms with van der Waals surface area (Å²) in [6.45, 7) is 5.25. The van der Waals surface area contributed by atoms with Gasteiger partial charge in [0.05, 0.1) is 10.9 Å². The lowest BCUT2D eigenvalue weighted by atomic mass is 10.0. The molecular weight excluding hydrogens is 354 g/mol. The Balaban J connectivity index is 1.57. The van der Waals surface area contributed by atoms with Crippen molar-refractivity contribution in [3.8, 4) is 0 Å². The smallest absolute Gasteiger partial charge is 0.258 e. The van der Waals surface area contributed by atoms with Gasteiger partial charge in [-0.1, -0.05) is 6.07 Å². The number of carbonyl (C=O) groups excluding carboxylic acids is 1. The second-order valence-electron chi connectivity index (χ2n) is 8.05. The monoisotopic (exact) mass is 377 g/mol. The predicted octanol–water partition coefficient (Wildman–Crippen LogP) is 3.11. The summed E-state index contributed by atoms with van der Waals surface area (Å²) < 4.78 is 5.87. The lowest BCUT2D eigenvalue weighted by Gasteiger charge is -2.29. The third kappa shape index (κ3) is 2.57. The molecule has 28 heavy (non-hydrogen) atoms. The highest BCUT2D eigenvalue weighted by molar-refractivity contribution is 6.10. The molecular formula is C21H23N5O2. The summed E-state index contributed by atoms with van der Waals surface area (Å²) >= 11 is 0. The summed E-state index contributed by atoms with van der Waals surface area (Å²) in [5.41, 5.74) is 3.31. The van der Waals surface area contributed by atoms with Gasteiger partial charge in [0.25, 0.3) is 5.91 Å². The lowest BCUT2D eigenvalue weighted by Crippen LogP contribution is -2.37. The van der Waals surface area contributed by atoms with Crippen molar-refractivity contribution in [1.29, 1.82) is 0 Å². The molecule has 2 aliphatic rings. The van der Waals surface area contributed by atoms with Crippen LogP contribution >= 0.6 is 0 Å². The van der Waals surface area contributed by atoms with E-state index >= 15 is 0 Å². The first-order chi connectivity index (χ1) is 13.5.